The molecule has 0 aliphatic heterocycles. The maximum atomic E-state index is 12.4. The number of carbonyl (C=O) groups excluding carboxylic acids is 1. The molecule has 124 valence electrons. The van der Waals surface area contributed by atoms with Gasteiger partial charge in [-0.2, -0.15) is 11.3 Å². The van der Waals surface area contributed by atoms with Crippen LogP contribution in [0.3, 0.4) is 0 Å². The standard InChI is InChI=1S/C16H18N6OS/c1-21(2)15(13-7-8-24-10-13)9-17-16(23)12-3-5-14(6-4-12)22-11-18-19-20-22/h3-8,10-11,15H,9H2,1-2H3,(H,17,23). The lowest BCUT2D eigenvalue weighted by Crippen LogP contribution is -2.34. The molecular formula is C16H18N6OS. The predicted molar refractivity (Wildman–Crippen MR) is 92.2 cm³/mol. The zero-order valence-corrected chi connectivity index (χ0v) is 14.3. The molecule has 1 atom stereocenters. The molecule has 1 aromatic carbocycles. The molecule has 2 heterocycles. The van der Waals surface area contributed by atoms with Crippen molar-refractivity contribution in [2.45, 2.75) is 6.04 Å². The van der Waals surface area contributed by atoms with Crippen molar-refractivity contribution in [3.05, 3.63) is 58.5 Å². The Bertz CT molecular complexity index is 768. The minimum absolute atomic E-state index is 0.0969. The number of amides is 1. The molecule has 0 saturated carbocycles. The zero-order valence-electron chi connectivity index (χ0n) is 13.5. The molecule has 7 nitrogen and oxygen atoms in total. The second-order valence-corrected chi connectivity index (χ2v) is 6.33. The summed E-state index contributed by atoms with van der Waals surface area (Å²) in [5, 5.41) is 18.2. The van der Waals surface area contributed by atoms with Gasteiger partial charge in [0.1, 0.15) is 6.33 Å². The summed E-state index contributed by atoms with van der Waals surface area (Å²) in [6.07, 6.45) is 1.51. The molecule has 0 bridgehead atoms. The van der Waals surface area contributed by atoms with E-state index in [0.717, 1.165) is 5.69 Å². The number of nitrogens with zero attached hydrogens (tertiary/aromatic N) is 5. The molecule has 8 heteroatoms. The van der Waals surface area contributed by atoms with Crippen molar-refractivity contribution in [1.29, 1.82) is 0 Å². The molecule has 2 aromatic heterocycles. The van der Waals surface area contributed by atoms with E-state index in [0.29, 0.717) is 12.1 Å². The molecule has 0 saturated heterocycles. The maximum Gasteiger partial charge on any atom is 0.251 e. The summed E-state index contributed by atoms with van der Waals surface area (Å²) < 4.78 is 1.54. The second kappa shape index (κ2) is 7.33. The number of hydrogen-bond acceptors (Lipinski definition) is 6. The van der Waals surface area contributed by atoms with Crippen LogP contribution in [-0.4, -0.2) is 51.7 Å². The molecular weight excluding hydrogens is 324 g/mol. The van der Waals surface area contributed by atoms with Crippen LogP contribution in [0.1, 0.15) is 22.0 Å². The molecule has 0 aliphatic carbocycles. The summed E-state index contributed by atoms with van der Waals surface area (Å²) in [5.41, 5.74) is 2.62. The van der Waals surface area contributed by atoms with Gasteiger partial charge in [-0.1, -0.05) is 0 Å². The van der Waals surface area contributed by atoms with E-state index in [-0.39, 0.29) is 11.9 Å². The Morgan fingerprint density at radius 3 is 2.67 bits per heavy atom. The molecule has 1 N–H and O–H groups in total. The number of tetrazole rings is 1. The van der Waals surface area contributed by atoms with Crippen LogP contribution in [0.15, 0.2) is 47.4 Å². The van der Waals surface area contributed by atoms with Crippen molar-refractivity contribution in [3.63, 3.8) is 0 Å². The predicted octanol–water partition coefficient (Wildman–Crippen LogP) is 1.76. The Kier molecular flexibility index (Phi) is 4.97. The van der Waals surface area contributed by atoms with Gasteiger partial charge in [0, 0.05) is 12.1 Å². The molecule has 3 aromatic rings. The molecule has 0 radical (unpaired) electrons. The van der Waals surface area contributed by atoms with Crippen molar-refractivity contribution in [2.24, 2.45) is 0 Å². The smallest absolute Gasteiger partial charge is 0.251 e. The van der Waals surface area contributed by atoms with E-state index in [4.69, 9.17) is 0 Å². The van der Waals surface area contributed by atoms with Crippen LogP contribution in [0, 0.1) is 0 Å². The molecule has 24 heavy (non-hydrogen) atoms. The van der Waals surface area contributed by atoms with E-state index >= 15 is 0 Å². The van der Waals surface area contributed by atoms with Gasteiger partial charge in [0.05, 0.1) is 11.7 Å². The van der Waals surface area contributed by atoms with Crippen LogP contribution in [0.4, 0.5) is 0 Å². The van der Waals surface area contributed by atoms with Crippen LogP contribution in [0.25, 0.3) is 5.69 Å². The van der Waals surface area contributed by atoms with E-state index in [9.17, 15) is 4.79 Å². The third kappa shape index (κ3) is 3.66. The lowest BCUT2D eigenvalue weighted by molar-refractivity contribution is 0.0942. The van der Waals surface area contributed by atoms with Crippen LogP contribution in [0.5, 0.6) is 0 Å². The lowest BCUT2D eigenvalue weighted by Gasteiger charge is -2.24. The highest BCUT2D eigenvalue weighted by atomic mass is 32.1. The van der Waals surface area contributed by atoms with Crippen LogP contribution in [-0.2, 0) is 0 Å². The highest BCUT2D eigenvalue weighted by molar-refractivity contribution is 7.07. The van der Waals surface area contributed by atoms with Gasteiger partial charge in [0.15, 0.2) is 0 Å². The first-order valence-electron chi connectivity index (χ1n) is 7.45. The van der Waals surface area contributed by atoms with E-state index in [1.165, 1.54) is 11.9 Å². The largest absolute Gasteiger partial charge is 0.350 e. The average molecular weight is 342 g/mol. The van der Waals surface area contributed by atoms with Crippen LogP contribution < -0.4 is 5.32 Å². The lowest BCUT2D eigenvalue weighted by atomic mass is 10.1. The molecule has 3 rings (SSSR count). The quantitative estimate of drug-likeness (QED) is 0.739. The van der Waals surface area contributed by atoms with E-state index < -0.39 is 0 Å². The van der Waals surface area contributed by atoms with E-state index in [1.807, 2.05) is 31.6 Å². The summed E-state index contributed by atoms with van der Waals surface area (Å²) >= 11 is 1.66. The van der Waals surface area contributed by atoms with Crippen molar-refractivity contribution in [1.82, 2.24) is 30.4 Å². The monoisotopic (exact) mass is 342 g/mol. The number of hydrogen-bond donors (Lipinski definition) is 1. The number of carbonyl (C=O) groups is 1. The van der Waals surface area contributed by atoms with Gasteiger partial charge in [-0.15, -0.1) is 5.10 Å². The Morgan fingerprint density at radius 2 is 2.08 bits per heavy atom. The number of benzene rings is 1. The fourth-order valence-corrected chi connectivity index (χ4v) is 3.11. The zero-order chi connectivity index (χ0) is 16.9. The first kappa shape index (κ1) is 16.3. The SMILES string of the molecule is CN(C)C(CNC(=O)c1ccc(-n2cnnn2)cc1)c1ccsc1. The Labute approximate surface area is 143 Å². The minimum Gasteiger partial charge on any atom is -0.350 e. The van der Waals surface area contributed by atoms with Crippen LogP contribution >= 0.6 is 11.3 Å². The first-order valence-corrected chi connectivity index (χ1v) is 8.39. The summed E-state index contributed by atoms with van der Waals surface area (Å²) in [6.45, 7) is 0.553. The highest BCUT2D eigenvalue weighted by Crippen LogP contribution is 2.20. The first-order chi connectivity index (χ1) is 11.6. The van der Waals surface area contributed by atoms with Gasteiger partial charge < -0.3 is 10.2 Å². The van der Waals surface area contributed by atoms with Gasteiger partial charge in [0.2, 0.25) is 0 Å². The molecule has 0 spiro atoms. The van der Waals surface area contributed by atoms with Gasteiger partial charge in [0.25, 0.3) is 5.91 Å². The summed E-state index contributed by atoms with van der Waals surface area (Å²) in [5.74, 6) is -0.0969. The Balaban J connectivity index is 1.64. The summed E-state index contributed by atoms with van der Waals surface area (Å²) in [7, 11) is 4.02. The highest BCUT2D eigenvalue weighted by Gasteiger charge is 2.16. The molecule has 0 fully saturated rings. The number of nitrogens with one attached hydrogen (secondary N) is 1. The number of aromatic nitrogens is 4. The fraction of sp³-hybridized carbons (Fsp3) is 0.250. The summed E-state index contributed by atoms with van der Waals surface area (Å²) in [4.78, 5) is 14.5. The molecule has 1 unspecified atom stereocenters. The minimum atomic E-state index is -0.0969. The number of rotatable bonds is 6. The van der Waals surface area contributed by atoms with Gasteiger partial charge in [-0.25, -0.2) is 4.68 Å². The fourth-order valence-electron chi connectivity index (χ4n) is 2.40. The average Bonchev–Trinajstić information content (AvgIpc) is 3.28. The normalized spacial score (nSPS) is 12.3. The molecule has 0 aliphatic rings. The van der Waals surface area contributed by atoms with E-state index in [1.54, 1.807) is 28.2 Å². The maximum absolute atomic E-state index is 12.4. The van der Waals surface area contributed by atoms with Gasteiger partial charge in [-0.05, 0) is 71.2 Å². The Hall–Kier alpha value is -2.58. The topological polar surface area (TPSA) is 75.9 Å². The van der Waals surface area contributed by atoms with E-state index in [2.05, 4.69) is 37.2 Å². The number of likely N-dealkylation sites (N-methyl/N-ethyl adjacent to an activating group) is 1. The van der Waals surface area contributed by atoms with Crippen molar-refractivity contribution < 1.29 is 4.79 Å². The Morgan fingerprint density at radius 1 is 1.29 bits per heavy atom. The molecule has 1 amide bonds. The van der Waals surface area contributed by atoms with Crippen molar-refractivity contribution in [2.75, 3.05) is 20.6 Å². The van der Waals surface area contributed by atoms with Crippen molar-refractivity contribution >= 4 is 17.2 Å². The van der Waals surface area contributed by atoms with Gasteiger partial charge in [-0.3, -0.25) is 4.79 Å². The van der Waals surface area contributed by atoms with Gasteiger partial charge >= 0.3 is 0 Å². The number of thiophene rings is 1. The van der Waals surface area contributed by atoms with Crippen molar-refractivity contribution in [3.8, 4) is 5.69 Å². The van der Waals surface area contributed by atoms with Crippen LogP contribution in [0.2, 0.25) is 0 Å². The summed E-state index contributed by atoms with van der Waals surface area (Å²) in [6, 6.07) is 9.40. The third-order valence-corrected chi connectivity index (χ3v) is 4.45. The third-order valence-electron chi connectivity index (χ3n) is 3.75. The second-order valence-electron chi connectivity index (χ2n) is 5.55.